The first kappa shape index (κ1) is 13.0. The summed E-state index contributed by atoms with van der Waals surface area (Å²) in [4.78, 5) is 17.3. The molecule has 1 amide bonds. The van der Waals surface area contributed by atoms with Crippen LogP contribution in [-0.4, -0.2) is 47.4 Å². The Labute approximate surface area is 99.7 Å². The number of hydrogen-bond donors (Lipinski definition) is 1. The lowest BCUT2D eigenvalue weighted by molar-refractivity contribution is 0.0827. The van der Waals surface area contributed by atoms with Crippen molar-refractivity contribution in [1.29, 1.82) is 0 Å². The van der Waals surface area contributed by atoms with Gasteiger partial charge in [0.15, 0.2) is 0 Å². The fourth-order valence-electron chi connectivity index (χ4n) is 1.09. The van der Waals surface area contributed by atoms with E-state index in [4.69, 9.17) is 5.11 Å². The summed E-state index contributed by atoms with van der Waals surface area (Å²) in [6.45, 7) is 0.199. The van der Waals surface area contributed by atoms with Crippen LogP contribution in [0.15, 0.2) is 23.4 Å². The zero-order valence-corrected chi connectivity index (χ0v) is 10.3. The van der Waals surface area contributed by atoms with Crippen molar-refractivity contribution in [3.8, 4) is 0 Å². The maximum Gasteiger partial charge on any atom is 0.254 e. The second-order valence-electron chi connectivity index (χ2n) is 3.51. The average molecular weight is 240 g/mol. The third-order valence-electron chi connectivity index (χ3n) is 1.94. The number of carbonyl (C=O) groups is 1. The van der Waals surface area contributed by atoms with Gasteiger partial charge in [0.05, 0.1) is 10.6 Å². The van der Waals surface area contributed by atoms with Crippen molar-refractivity contribution in [3.05, 3.63) is 23.9 Å². The summed E-state index contributed by atoms with van der Waals surface area (Å²) in [5.41, 5.74) is 0.594. The van der Waals surface area contributed by atoms with Crippen LogP contribution in [0.3, 0.4) is 0 Å². The molecule has 0 bridgehead atoms. The molecule has 0 aromatic carbocycles. The molecular weight excluding hydrogens is 224 g/mol. The number of nitrogens with zero attached hydrogens (tertiary/aromatic N) is 2. The summed E-state index contributed by atoms with van der Waals surface area (Å²) in [6.07, 6.45) is 2.34. The van der Waals surface area contributed by atoms with Crippen molar-refractivity contribution in [2.24, 2.45) is 0 Å². The van der Waals surface area contributed by atoms with Crippen LogP contribution in [0.2, 0.25) is 0 Å². The summed E-state index contributed by atoms with van der Waals surface area (Å²) in [5, 5.41) is 9.52. The van der Waals surface area contributed by atoms with Gasteiger partial charge >= 0.3 is 0 Å². The monoisotopic (exact) mass is 240 g/mol. The second kappa shape index (κ2) is 6.50. The summed E-state index contributed by atoms with van der Waals surface area (Å²) < 4.78 is 0. The number of aromatic nitrogens is 1. The summed E-state index contributed by atoms with van der Waals surface area (Å²) >= 11 is 1.58. The average Bonchev–Trinajstić information content (AvgIpc) is 2.29. The molecule has 0 spiro atoms. The van der Waals surface area contributed by atoms with Crippen LogP contribution in [-0.2, 0) is 0 Å². The third-order valence-corrected chi connectivity index (χ3v) is 2.97. The van der Waals surface area contributed by atoms with E-state index in [-0.39, 0.29) is 12.5 Å². The summed E-state index contributed by atoms with van der Waals surface area (Å²) in [5.74, 6) is 0.796. The van der Waals surface area contributed by atoms with Gasteiger partial charge in [-0.3, -0.25) is 4.79 Å². The largest absolute Gasteiger partial charge is 0.396 e. The Morgan fingerprint density at radius 3 is 2.75 bits per heavy atom. The van der Waals surface area contributed by atoms with Crippen LogP contribution in [0.1, 0.15) is 16.8 Å². The van der Waals surface area contributed by atoms with Gasteiger partial charge < -0.3 is 10.0 Å². The molecule has 0 saturated carbocycles. The van der Waals surface area contributed by atoms with Gasteiger partial charge in [0.2, 0.25) is 0 Å². The van der Waals surface area contributed by atoms with Gasteiger partial charge in [-0.05, 0) is 18.6 Å². The van der Waals surface area contributed by atoms with E-state index in [0.717, 1.165) is 17.2 Å². The first-order valence-electron chi connectivity index (χ1n) is 5.06. The minimum atomic E-state index is -0.0422. The zero-order valence-electron chi connectivity index (χ0n) is 9.51. The topological polar surface area (TPSA) is 53.4 Å². The fraction of sp³-hybridized carbons (Fsp3) is 0.455. The molecule has 5 heteroatoms. The van der Waals surface area contributed by atoms with Crippen molar-refractivity contribution in [2.45, 2.75) is 11.4 Å². The van der Waals surface area contributed by atoms with Gasteiger partial charge in [0.1, 0.15) is 0 Å². The molecule has 0 saturated heterocycles. The molecule has 0 aliphatic carbocycles. The maximum absolute atomic E-state index is 11.6. The highest BCUT2D eigenvalue weighted by molar-refractivity contribution is 7.99. The Kier molecular flexibility index (Phi) is 5.28. The predicted molar refractivity (Wildman–Crippen MR) is 64.7 cm³/mol. The van der Waals surface area contributed by atoms with Gasteiger partial charge in [0, 0.05) is 32.7 Å². The Morgan fingerprint density at radius 2 is 2.25 bits per heavy atom. The smallest absolute Gasteiger partial charge is 0.254 e. The van der Waals surface area contributed by atoms with Crippen LogP contribution < -0.4 is 0 Å². The van der Waals surface area contributed by atoms with Gasteiger partial charge in [0.25, 0.3) is 5.91 Å². The van der Waals surface area contributed by atoms with E-state index >= 15 is 0 Å². The molecule has 1 N–H and O–H groups in total. The normalized spacial score (nSPS) is 10.2. The lowest BCUT2D eigenvalue weighted by Gasteiger charge is -2.09. The number of aliphatic hydroxyl groups excluding tert-OH is 1. The number of thioether (sulfide) groups is 1. The molecule has 0 aliphatic rings. The maximum atomic E-state index is 11.6. The quantitative estimate of drug-likeness (QED) is 0.622. The van der Waals surface area contributed by atoms with Crippen LogP contribution >= 0.6 is 11.8 Å². The highest BCUT2D eigenvalue weighted by atomic mass is 32.2. The van der Waals surface area contributed by atoms with Gasteiger partial charge in [-0.1, -0.05) is 0 Å². The van der Waals surface area contributed by atoms with E-state index in [2.05, 4.69) is 4.98 Å². The minimum absolute atomic E-state index is 0.0422. The summed E-state index contributed by atoms with van der Waals surface area (Å²) in [7, 11) is 3.43. The van der Waals surface area contributed by atoms with E-state index < -0.39 is 0 Å². The SMILES string of the molecule is CN(C)C(=O)c1ccc(SCCCO)nc1. The number of carbonyl (C=O) groups excluding carboxylic acids is 1. The first-order valence-corrected chi connectivity index (χ1v) is 6.05. The highest BCUT2D eigenvalue weighted by Crippen LogP contribution is 2.16. The lowest BCUT2D eigenvalue weighted by Crippen LogP contribution is -2.21. The van der Waals surface area contributed by atoms with Crippen LogP contribution in [0.25, 0.3) is 0 Å². The van der Waals surface area contributed by atoms with Crippen LogP contribution in [0.4, 0.5) is 0 Å². The number of aliphatic hydroxyl groups is 1. The molecule has 0 fully saturated rings. The lowest BCUT2D eigenvalue weighted by atomic mass is 10.2. The van der Waals surface area contributed by atoms with E-state index in [1.807, 2.05) is 6.07 Å². The molecule has 88 valence electrons. The van der Waals surface area contributed by atoms with E-state index in [1.54, 1.807) is 38.1 Å². The Bertz CT molecular complexity index is 338. The van der Waals surface area contributed by atoms with Gasteiger partial charge in [-0.2, -0.15) is 0 Å². The van der Waals surface area contributed by atoms with Crippen LogP contribution in [0.5, 0.6) is 0 Å². The van der Waals surface area contributed by atoms with Crippen molar-refractivity contribution in [2.75, 3.05) is 26.5 Å². The number of hydrogen-bond acceptors (Lipinski definition) is 4. The Hall–Kier alpha value is -1.07. The van der Waals surface area contributed by atoms with Gasteiger partial charge in [-0.15, -0.1) is 11.8 Å². The highest BCUT2D eigenvalue weighted by Gasteiger charge is 2.07. The number of pyridine rings is 1. The summed E-state index contributed by atoms with van der Waals surface area (Å²) in [6, 6.07) is 3.61. The molecule has 1 aromatic heterocycles. The third kappa shape index (κ3) is 3.83. The number of amides is 1. The molecule has 1 heterocycles. The molecule has 0 radical (unpaired) electrons. The number of rotatable bonds is 5. The molecule has 0 unspecified atom stereocenters. The Morgan fingerprint density at radius 1 is 1.50 bits per heavy atom. The van der Waals surface area contributed by atoms with Crippen molar-refractivity contribution in [1.82, 2.24) is 9.88 Å². The molecule has 1 rings (SSSR count). The van der Waals surface area contributed by atoms with E-state index in [9.17, 15) is 4.79 Å². The molecule has 0 aliphatic heterocycles. The van der Waals surface area contributed by atoms with Crippen molar-refractivity contribution >= 4 is 17.7 Å². The first-order chi connectivity index (χ1) is 7.65. The van der Waals surface area contributed by atoms with Crippen molar-refractivity contribution in [3.63, 3.8) is 0 Å². The molecule has 4 nitrogen and oxygen atoms in total. The van der Waals surface area contributed by atoms with E-state index in [0.29, 0.717) is 5.56 Å². The Balaban J connectivity index is 2.57. The van der Waals surface area contributed by atoms with E-state index in [1.165, 1.54) is 4.90 Å². The standard InChI is InChI=1S/C11H16N2O2S/c1-13(2)11(15)9-4-5-10(12-8-9)16-7-3-6-14/h4-5,8,14H,3,6-7H2,1-2H3. The second-order valence-corrected chi connectivity index (χ2v) is 4.63. The molecule has 16 heavy (non-hydrogen) atoms. The van der Waals surface area contributed by atoms with Gasteiger partial charge in [-0.25, -0.2) is 4.98 Å². The molecule has 1 aromatic rings. The minimum Gasteiger partial charge on any atom is -0.396 e. The van der Waals surface area contributed by atoms with Crippen molar-refractivity contribution < 1.29 is 9.90 Å². The molecule has 0 atom stereocenters. The molecular formula is C11H16N2O2S. The van der Waals surface area contributed by atoms with Crippen LogP contribution in [0, 0.1) is 0 Å². The fourth-order valence-corrected chi connectivity index (χ4v) is 1.87. The predicted octanol–water partition coefficient (Wildman–Crippen LogP) is 1.26. The zero-order chi connectivity index (χ0) is 12.0.